The van der Waals surface area contributed by atoms with Crippen LogP contribution in [-0.2, 0) is 16.0 Å². The lowest BCUT2D eigenvalue weighted by molar-refractivity contribution is -0.142. The minimum absolute atomic E-state index is 0.0968. The molecule has 1 aromatic rings. The molecule has 17 heavy (non-hydrogen) atoms. The van der Waals surface area contributed by atoms with Crippen molar-refractivity contribution in [1.82, 2.24) is 5.32 Å². The molecular weight excluding hydrogens is 218 g/mol. The topological polar surface area (TPSA) is 47.6 Å². The Bertz CT molecular complexity index is 380. The number of carbonyl (C=O) groups is 1. The van der Waals surface area contributed by atoms with Crippen LogP contribution >= 0.6 is 0 Å². The van der Waals surface area contributed by atoms with Gasteiger partial charge in [-0.25, -0.2) is 0 Å². The van der Waals surface area contributed by atoms with Crippen molar-refractivity contribution in [3.8, 4) is 5.75 Å². The van der Waals surface area contributed by atoms with Crippen LogP contribution in [0.3, 0.4) is 0 Å². The van der Waals surface area contributed by atoms with Gasteiger partial charge in [-0.2, -0.15) is 0 Å². The van der Waals surface area contributed by atoms with E-state index in [9.17, 15) is 4.79 Å². The highest BCUT2D eigenvalue weighted by Crippen LogP contribution is 2.27. The molecule has 0 aromatic heterocycles. The normalized spacial score (nSPS) is 19.3. The molecule has 1 aliphatic rings. The Morgan fingerprint density at radius 2 is 2.35 bits per heavy atom. The first kappa shape index (κ1) is 11.9. The number of ether oxygens (including phenoxy) is 2. The van der Waals surface area contributed by atoms with Gasteiger partial charge in [0.1, 0.15) is 17.9 Å². The number of fused-ring (bicyclic) bond motifs is 1. The van der Waals surface area contributed by atoms with E-state index in [1.807, 2.05) is 18.2 Å². The Balaban J connectivity index is 1.82. The molecule has 1 aromatic carbocycles. The summed E-state index contributed by atoms with van der Waals surface area (Å²) in [6.45, 7) is 2.43. The van der Waals surface area contributed by atoms with Crippen LogP contribution in [0.2, 0.25) is 0 Å². The average molecular weight is 235 g/mol. The molecule has 0 spiro atoms. The van der Waals surface area contributed by atoms with Gasteiger partial charge < -0.3 is 14.8 Å². The van der Waals surface area contributed by atoms with Crippen molar-refractivity contribution in [3.63, 3.8) is 0 Å². The molecule has 2 rings (SSSR count). The van der Waals surface area contributed by atoms with Gasteiger partial charge in [0.15, 0.2) is 0 Å². The lowest BCUT2D eigenvalue weighted by atomic mass is 10.1. The summed E-state index contributed by atoms with van der Waals surface area (Å²) in [5.41, 5.74) is 1.23. The second kappa shape index (κ2) is 5.19. The smallest absolute Gasteiger partial charge is 0.322 e. The highest BCUT2D eigenvalue weighted by molar-refractivity contribution is 5.75. The third-order valence-electron chi connectivity index (χ3n) is 2.92. The molecule has 2 atom stereocenters. The Labute approximate surface area is 101 Å². The minimum atomic E-state index is -0.299. The van der Waals surface area contributed by atoms with Crippen molar-refractivity contribution in [3.05, 3.63) is 29.8 Å². The Morgan fingerprint density at radius 1 is 1.59 bits per heavy atom. The van der Waals surface area contributed by atoms with Crippen LogP contribution in [0.5, 0.6) is 5.75 Å². The standard InChI is InChI=1S/C13H17NO3/c1-9(13(15)16-2)14-8-11-7-10-5-3-4-6-12(10)17-11/h3-6,9,11,14H,7-8H2,1-2H3. The van der Waals surface area contributed by atoms with E-state index in [-0.39, 0.29) is 18.1 Å². The second-order valence-electron chi connectivity index (χ2n) is 4.20. The van der Waals surface area contributed by atoms with Crippen LogP contribution in [-0.4, -0.2) is 31.8 Å². The molecule has 0 fully saturated rings. The number of benzene rings is 1. The summed E-state index contributed by atoms with van der Waals surface area (Å²) in [4.78, 5) is 11.2. The van der Waals surface area contributed by atoms with Gasteiger partial charge in [-0.05, 0) is 18.6 Å². The molecule has 2 unspecified atom stereocenters. The molecule has 92 valence electrons. The number of carbonyl (C=O) groups excluding carboxylic acids is 1. The lowest BCUT2D eigenvalue weighted by Gasteiger charge is -2.15. The van der Waals surface area contributed by atoms with Crippen LogP contribution in [0, 0.1) is 0 Å². The number of esters is 1. The molecule has 0 saturated carbocycles. The Kier molecular flexibility index (Phi) is 3.64. The molecule has 4 heteroatoms. The maximum atomic E-state index is 11.2. The zero-order chi connectivity index (χ0) is 12.3. The molecule has 4 nitrogen and oxygen atoms in total. The highest BCUT2D eigenvalue weighted by Gasteiger charge is 2.23. The van der Waals surface area contributed by atoms with Crippen molar-refractivity contribution in [2.24, 2.45) is 0 Å². The molecule has 0 aliphatic carbocycles. The van der Waals surface area contributed by atoms with Crippen LogP contribution in [0.25, 0.3) is 0 Å². The summed E-state index contributed by atoms with van der Waals surface area (Å²) in [7, 11) is 1.39. The van der Waals surface area contributed by atoms with E-state index in [4.69, 9.17) is 4.74 Å². The first-order valence-corrected chi connectivity index (χ1v) is 5.76. The average Bonchev–Trinajstić information content (AvgIpc) is 2.77. The number of nitrogens with one attached hydrogen (secondary N) is 1. The van der Waals surface area contributed by atoms with Gasteiger partial charge >= 0.3 is 5.97 Å². The van der Waals surface area contributed by atoms with Crippen molar-refractivity contribution in [2.75, 3.05) is 13.7 Å². The van der Waals surface area contributed by atoms with Crippen molar-refractivity contribution >= 4 is 5.97 Å². The van der Waals surface area contributed by atoms with Gasteiger partial charge in [0.25, 0.3) is 0 Å². The molecule has 0 bridgehead atoms. The second-order valence-corrected chi connectivity index (χ2v) is 4.20. The third-order valence-corrected chi connectivity index (χ3v) is 2.92. The van der Waals surface area contributed by atoms with Crippen molar-refractivity contribution in [1.29, 1.82) is 0 Å². The molecular formula is C13H17NO3. The van der Waals surface area contributed by atoms with Crippen molar-refractivity contribution < 1.29 is 14.3 Å². The van der Waals surface area contributed by atoms with Crippen molar-refractivity contribution in [2.45, 2.75) is 25.5 Å². The van der Waals surface area contributed by atoms with Gasteiger partial charge in [0.05, 0.1) is 7.11 Å². The van der Waals surface area contributed by atoms with Crippen LogP contribution in [0.15, 0.2) is 24.3 Å². The van der Waals surface area contributed by atoms with E-state index in [0.29, 0.717) is 6.54 Å². The summed E-state index contributed by atoms with van der Waals surface area (Å²) in [6, 6.07) is 7.71. The fourth-order valence-corrected chi connectivity index (χ4v) is 1.94. The monoisotopic (exact) mass is 235 g/mol. The zero-order valence-electron chi connectivity index (χ0n) is 10.1. The SMILES string of the molecule is COC(=O)C(C)NCC1Cc2ccccc2O1. The first-order chi connectivity index (χ1) is 8.20. The van der Waals surface area contributed by atoms with E-state index in [2.05, 4.69) is 16.1 Å². The van der Waals surface area contributed by atoms with Crippen LogP contribution in [0.1, 0.15) is 12.5 Å². The predicted molar refractivity (Wildman–Crippen MR) is 64.0 cm³/mol. The van der Waals surface area contributed by atoms with Gasteiger partial charge in [-0.3, -0.25) is 4.79 Å². The van der Waals surface area contributed by atoms with Crippen LogP contribution < -0.4 is 10.1 Å². The molecule has 1 aliphatic heterocycles. The number of hydrogen-bond donors (Lipinski definition) is 1. The first-order valence-electron chi connectivity index (χ1n) is 5.76. The molecule has 0 saturated heterocycles. The molecule has 1 N–H and O–H groups in total. The Morgan fingerprint density at radius 3 is 3.06 bits per heavy atom. The van der Waals surface area contributed by atoms with E-state index in [0.717, 1.165) is 12.2 Å². The van der Waals surface area contributed by atoms with Gasteiger partial charge in [0, 0.05) is 13.0 Å². The summed E-state index contributed by atoms with van der Waals surface area (Å²) in [5.74, 6) is 0.700. The Hall–Kier alpha value is -1.55. The number of methoxy groups -OCH3 is 1. The molecule has 1 heterocycles. The fraction of sp³-hybridized carbons (Fsp3) is 0.462. The highest BCUT2D eigenvalue weighted by atomic mass is 16.5. The summed E-state index contributed by atoms with van der Waals surface area (Å²) < 4.78 is 10.4. The summed E-state index contributed by atoms with van der Waals surface area (Å²) in [6.07, 6.45) is 0.983. The largest absolute Gasteiger partial charge is 0.488 e. The zero-order valence-corrected chi connectivity index (χ0v) is 10.1. The minimum Gasteiger partial charge on any atom is -0.488 e. The quantitative estimate of drug-likeness (QED) is 0.795. The third kappa shape index (κ3) is 2.77. The van der Waals surface area contributed by atoms with E-state index >= 15 is 0 Å². The summed E-state index contributed by atoms with van der Waals surface area (Å²) >= 11 is 0. The van der Waals surface area contributed by atoms with Gasteiger partial charge in [-0.1, -0.05) is 18.2 Å². The number of rotatable bonds is 4. The lowest BCUT2D eigenvalue weighted by Crippen LogP contribution is -2.40. The van der Waals surface area contributed by atoms with Crippen LogP contribution in [0.4, 0.5) is 0 Å². The maximum absolute atomic E-state index is 11.2. The van der Waals surface area contributed by atoms with Gasteiger partial charge in [0.2, 0.25) is 0 Å². The number of para-hydroxylation sites is 1. The predicted octanol–water partition coefficient (Wildman–Crippen LogP) is 1.14. The molecule has 0 amide bonds. The van der Waals surface area contributed by atoms with E-state index in [1.54, 1.807) is 6.92 Å². The van der Waals surface area contributed by atoms with E-state index in [1.165, 1.54) is 12.7 Å². The van der Waals surface area contributed by atoms with Gasteiger partial charge in [-0.15, -0.1) is 0 Å². The maximum Gasteiger partial charge on any atom is 0.322 e. The fourth-order valence-electron chi connectivity index (χ4n) is 1.94. The van der Waals surface area contributed by atoms with E-state index < -0.39 is 0 Å². The molecule has 0 radical (unpaired) electrons. The number of hydrogen-bond acceptors (Lipinski definition) is 4. The summed E-state index contributed by atoms with van der Waals surface area (Å²) in [5, 5.41) is 3.11.